The molecule has 0 bridgehead atoms. The molecule has 3 unspecified atom stereocenters. The fourth-order valence-electron chi connectivity index (χ4n) is 3.62. The molecule has 9 heteroatoms. The first-order valence-corrected chi connectivity index (χ1v) is 8.61. The number of rotatable bonds is 3. The number of hydrogen-bond acceptors (Lipinski definition) is 6. The highest BCUT2D eigenvalue weighted by Crippen LogP contribution is 2.32. The van der Waals surface area contributed by atoms with Gasteiger partial charge >= 0.3 is 6.18 Å². The molecule has 2 aromatic heterocycles. The first kappa shape index (κ1) is 17.2. The van der Waals surface area contributed by atoms with Gasteiger partial charge in [0.05, 0.1) is 0 Å². The van der Waals surface area contributed by atoms with Gasteiger partial charge in [0.25, 0.3) is 0 Å². The Morgan fingerprint density at radius 3 is 2.81 bits per heavy atom. The van der Waals surface area contributed by atoms with E-state index < -0.39 is 11.9 Å². The number of hydrogen-bond donors (Lipinski definition) is 3. The maximum atomic E-state index is 13.3. The van der Waals surface area contributed by atoms with E-state index in [0.29, 0.717) is 17.7 Å². The van der Waals surface area contributed by atoms with Crippen LogP contribution in [0.5, 0.6) is 0 Å². The molecule has 0 amide bonds. The van der Waals surface area contributed by atoms with Crippen LogP contribution in [0.1, 0.15) is 25.0 Å². The Kier molecular flexibility index (Phi) is 4.49. The lowest BCUT2D eigenvalue weighted by Crippen LogP contribution is -2.39. The minimum absolute atomic E-state index is 0.0270. The third-order valence-corrected chi connectivity index (χ3v) is 4.90. The number of hydrazine groups is 1. The van der Waals surface area contributed by atoms with E-state index in [1.165, 1.54) is 6.20 Å². The van der Waals surface area contributed by atoms with Crippen molar-refractivity contribution in [3.8, 4) is 11.5 Å². The number of nitrogens with one attached hydrogen (secondary N) is 3. The summed E-state index contributed by atoms with van der Waals surface area (Å²) in [4.78, 5) is 12.0. The molecule has 138 valence electrons. The van der Waals surface area contributed by atoms with Gasteiger partial charge in [0, 0.05) is 30.9 Å². The van der Waals surface area contributed by atoms with Gasteiger partial charge in [0.2, 0.25) is 0 Å². The quantitative estimate of drug-likeness (QED) is 0.778. The topological polar surface area (TPSA) is 74.8 Å². The third-order valence-electron chi connectivity index (χ3n) is 4.90. The van der Waals surface area contributed by atoms with Crippen LogP contribution < -0.4 is 16.2 Å². The molecule has 3 heterocycles. The third kappa shape index (κ3) is 3.63. The SMILES string of the molecule is FC(F)(F)c1cc(NC2CCC3NNCC3C2)nc(-c2ccccn2)n1. The molecule has 2 aliphatic rings. The average Bonchev–Trinajstić information content (AvgIpc) is 3.09. The number of pyridine rings is 1. The van der Waals surface area contributed by atoms with Crippen molar-refractivity contribution in [3.05, 3.63) is 36.2 Å². The minimum atomic E-state index is -4.54. The molecule has 2 aromatic rings. The predicted octanol–water partition coefficient (Wildman–Crippen LogP) is 2.61. The van der Waals surface area contributed by atoms with Gasteiger partial charge in [-0.1, -0.05) is 6.07 Å². The molecule has 3 atom stereocenters. The summed E-state index contributed by atoms with van der Waals surface area (Å²) in [6.45, 7) is 0.875. The summed E-state index contributed by atoms with van der Waals surface area (Å²) in [5.74, 6) is 0.636. The Morgan fingerprint density at radius 2 is 2.04 bits per heavy atom. The number of fused-ring (bicyclic) bond motifs is 1. The van der Waals surface area contributed by atoms with Gasteiger partial charge in [-0.25, -0.2) is 9.97 Å². The molecule has 6 nitrogen and oxygen atoms in total. The van der Waals surface area contributed by atoms with E-state index in [9.17, 15) is 13.2 Å². The van der Waals surface area contributed by atoms with Crippen molar-refractivity contribution in [2.45, 2.75) is 37.5 Å². The Hall–Kier alpha value is -2.26. The smallest absolute Gasteiger partial charge is 0.367 e. The maximum Gasteiger partial charge on any atom is 0.433 e. The van der Waals surface area contributed by atoms with Crippen molar-refractivity contribution in [1.82, 2.24) is 25.8 Å². The second kappa shape index (κ2) is 6.81. The van der Waals surface area contributed by atoms with Gasteiger partial charge in [0.15, 0.2) is 11.5 Å². The van der Waals surface area contributed by atoms with E-state index in [1.807, 2.05) is 0 Å². The van der Waals surface area contributed by atoms with E-state index in [2.05, 4.69) is 31.1 Å². The van der Waals surface area contributed by atoms with Crippen LogP contribution in [-0.2, 0) is 6.18 Å². The fourth-order valence-corrected chi connectivity index (χ4v) is 3.62. The second-order valence-corrected chi connectivity index (χ2v) is 6.72. The molecule has 26 heavy (non-hydrogen) atoms. The van der Waals surface area contributed by atoms with Crippen LogP contribution in [-0.4, -0.2) is 33.6 Å². The first-order chi connectivity index (χ1) is 12.5. The molecule has 4 rings (SSSR count). The van der Waals surface area contributed by atoms with Crippen LogP contribution in [0.2, 0.25) is 0 Å². The highest BCUT2D eigenvalue weighted by molar-refractivity contribution is 5.53. The van der Waals surface area contributed by atoms with Crippen molar-refractivity contribution < 1.29 is 13.2 Å². The van der Waals surface area contributed by atoms with E-state index in [1.54, 1.807) is 18.2 Å². The zero-order valence-corrected chi connectivity index (χ0v) is 13.9. The van der Waals surface area contributed by atoms with E-state index in [0.717, 1.165) is 31.9 Å². The first-order valence-electron chi connectivity index (χ1n) is 8.61. The molecule has 0 aromatic carbocycles. The number of alkyl halides is 3. The fraction of sp³-hybridized carbons (Fsp3) is 0.471. The van der Waals surface area contributed by atoms with E-state index >= 15 is 0 Å². The number of anilines is 1. The molecule has 3 N–H and O–H groups in total. The van der Waals surface area contributed by atoms with Gasteiger partial charge in [-0.2, -0.15) is 13.2 Å². The van der Waals surface area contributed by atoms with Crippen LogP contribution in [0, 0.1) is 5.92 Å². The molecular formula is C17H19F3N6. The zero-order chi connectivity index (χ0) is 18.1. The Balaban J connectivity index is 1.60. The summed E-state index contributed by atoms with van der Waals surface area (Å²) < 4.78 is 39.8. The molecule has 0 spiro atoms. The van der Waals surface area contributed by atoms with Gasteiger partial charge < -0.3 is 5.32 Å². The lowest BCUT2D eigenvalue weighted by atomic mass is 9.83. The molecular weight excluding hydrogens is 345 g/mol. The molecule has 0 radical (unpaired) electrons. The van der Waals surface area contributed by atoms with E-state index in [-0.39, 0.29) is 17.7 Å². The van der Waals surface area contributed by atoms with Crippen LogP contribution in [0.15, 0.2) is 30.5 Å². The number of aromatic nitrogens is 3. The summed E-state index contributed by atoms with van der Waals surface area (Å²) in [7, 11) is 0. The number of nitrogens with zero attached hydrogens (tertiary/aromatic N) is 3. The lowest BCUT2D eigenvalue weighted by molar-refractivity contribution is -0.141. The molecule has 1 saturated carbocycles. The molecule has 1 saturated heterocycles. The summed E-state index contributed by atoms with van der Waals surface area (Å²) in [6.07, 6.45) is -0.304. The normalized spacial score (nSPS) is 25.7. The Morgan fingerprint density at radius 1 is 1.15 bits per heavy atom. The predicted molar refractivity (Wildman–Crippen MR) is 89.9 cm³/mol. The van der Waals surface area contributed by atoms with Gasteiger partial charge in [-0.3, -0.25) is 15.8 Å². The highest BCUT2D eigenvalue weighted by Gasteiger charge is 2.36. The van der Waals surface area contributed by atoms with Crippen molar-refractivity contribution in [2.75, 3.05) is 11.9 Å². The van der Waals surface area contributed by atoms with Crippen LogP contribution in [0.4, 0.5) is 19.0 Å². The number of halogens is 3. The zero-order valence-electron chi connectivity index (χ0n) is 13.9. The van der Waals surface area contributed by atoms with Crippen LogP contribution in [0.25, 0.3) is 11.5 Å². The van der Waals surface area contributed by atoms with Gasteiger partial charge in [-0.15, -0.1) is 0 Å². The van der Waals surface area contributed by atoms with Gasteiger partial charge in [-0.05, 0) is 37.3 Å². The highest BCUT2D eigenvalue weighted by atomic mass is 19.4. The summed E-state index contributed by atoms with van der Waals surface area (Å²) in [6, 6.07) is 6.49. The molecule has 1 aliphatic carbocycles. The minimum Gasteiger partial charge on any atom is -0.367 e. The average molecular weight is 364 g/mol. The molecule has 1 aliphatic heterocycles. The monoisotopic (exact) mass is 364 g/mol. The van der Waals surface area contributed by atoms with Crippen molar-refractivity contribution in [1.29, 1.82) is 0 Å². The largest absolute Gasteiger partial charge is 0.433 e. The lowest BCUT2D eigenvalue weighted by Gasteiger charge is -2.31. The Bertz CT molecular complexity index is 767. The summed E-state index contributed by atoms with van der Waals surface area (Å²) in [5, 5.41) is 3.18. The summed E-state index contributed by atoms with van der Waals surface area (Å²) in [5.41, 5.74) is 5.74. The summed E-state index contributed by atoms with van der Waals surface area (Å²) >= 11 is 0. The van der Waals surface area contributed by atoms with Gasteiger partial charge in [0.1, 0.15) is 11.5 Å². The maximum absolute atomic E-state index is 13.3. The van der Waals surface area contributed by atoms with Crippen molar-refractivity contribution in [3.63, 3.8) is 0 Å². The molecule has 2 fully saturated rings. The van der Waals surface area contributed by atoms with Crippen LogP contribution in [0.3, 0.4) is 0 Å². The van der Waals surface area contributed by atoms with Crippen LogP contribution >= 0.6 is 0 Å². The van der Waals surface area contributed by atoms with Crippen molar-refractivity contribution >= 4 is 5.82 Å². The standard InChI is InChI=1S/C17H19F3N6/c18-17(19,20)14-8-15(25-16(24-14)13-3-1-2-6-21-13)23-11-4-5-12-10(7-11)9-22-26-12/h1-3,6,8,10-12,22,26H,4-5,7,9H2,(H,23,24,25). The Labute approximate surface area is 148 Å². The van der Waals surface area contributed by atoms with E-state index in [4.69, 9.17) is 0 Å². The second-order valence-electron chi connectivity index (χ2n) is 6.72. The van der Waals surface area contributed by atoms with Crippen molar-refractivity contribution in [2.24, 2.45) is 5.92 Å².